The van der Waals surface area contributed by atoms with Gasteiger partial charge in [-0.15, -0.1) is 11.6 Å². The van der Waals surface area contributed by atoms with Crippen LogP contribution in [0, 0.1) is 13.8 Å². The molecule has 0 aliphatic rings. The fourth-order valence-electron chi connectivity index (χ4n) is 2.32. The molecule has 0 aliphatic carbocycles. The largest absolute Gasteiger partial charge is 0.342 e. The summed E-state index contributed by atoms with van der Waals surface area (Å²) in [5.74, 6) is 0.567. The van der Waals surface area contributed by atoms with Gasteiger partial charge in [-0.3, -0.25) is 0 Å². The Morgan fingerprint density at radius 3 is 2.21 bits per heavy atom. The minimum Gasteiger partial charge on any atom is -0.342 e. The molecule has 0 saturated carbocycles. The van der Waals surface area contributed by atoms with Crippen molar-refractivity contribution < 1.29 is 0 Å². The van der Waals surface area contributed by atoms with Crippen molar-refractivity contribution in [2.75, 3.05) is 11.4 Å². The van der Waals surface area contributed by atoms with Crippen LogP contribution in [0.5, 0.6) is 0 Å². The van der Waals surface area contributed by atoms with Crippen LogP contribution < -0.4 is 4.90 Å². The van der Waals surface area contributed by atoms with Crippen molar-refractivity contribution in [1.29, 1.82) is 0 Å². The van der Waals surface area contributed by atoms with Gasteiger partial charge < -0.3 is 4.90 Å². The van der Waals surface area contributed by atoms with E-state index in [0.717, 1.165) is 6.54 Å². The maximum atomic E-state index is 5.89. The number of nitrogens with zero attached hydrogens (tertiary/aromatic N) is 1. The quantitative estimate of drug-likeness (QED) is 0.692. The second-order valence-electron chi connectivity index (χ2n) is 4.83. The molecule has 0 fully saturated rings. The van der Waals surface area contributed by atoms with E-state index in [9.17, 15) is 0 Å². The van der Waals surface area contributed by atoms with Crippen LogP contribution >= 0.6 is 11.6 Å². The van der Waals surface area contributed by atoms with Gasteiger partial charge in [-0.05, 0) is 50.1 Å². The molecule has 0 N–H and O–H groups in total. The zero-order chi connectivity index (χ0) is 13.8. The molecule has 2 aromatic rings. The van der Waals surface area contributed by atoms with Gasteiger partial charge in [-0.25, -0.2) is 0 Å². The number of rotatable bonds is 4. The molecule has 2 heteroatoms. The molecule has 1 nitrogen and oxygen atoms in total. The summed E-state index contributed by atoms with van der Waals surface area (Å²) in [5, 5.41) is 0. The van der Waals surface area contributed by atoms with Gasteiger partial charge in [-0.2, -0.15) is 0 Å². The second-order valence-corrected chi connectivity index (χ2v) is 5.10. The highest BCUT2D eigenvalue weighted by Crippen LogP contribution is 2.29. The Kier molecular flexibility index (Phi) is 4.49. The third-order valence-corrected chi connectivity index (χ3v) is 3.68. The van der Waals surface area contributed by atoms with Crippen LogP contribution in [0.25, 0.3) is 0 Å². The molecule has 0 heterocycles. The summed E-state index contributed by atoms with van der Waals surface area (Å²) < 4.78 is 0. The van der Waals surface area contributed by atoms with Crippen LogP contribution in [0.1, 0.15) is 23.6 Å². The Morgan fingerprint density at radius 1 is 1.00 bits per heavy atom. The van der Waals surface area contributed by atoms with Crippen LogP contribution in [0.15, 0.2) is 42.5 Å². The van der Waals surface area contributed by atoms with Gasteiger partial charge in [0.15, 0.2) is 0 Å². The van der Waals surface area contributed by atoms with E-state index in [2.05, 4.69) is 68.1 Å². The summed E-state index contributed by atoms with van der Waals surface area (Å²) in [4.78, 5) is 2.33. The van der Waals surface area contributed by atoms with E-state index in [1.807, 2.05) is 0 Å². The lowest BCUT2D eigenvalue weighted by atomic mass is 10.1. The van der Waals surface area contributed by atoms with Crippen molar-refractivity contribution in [3.63, 3.8) is 0 Å². The fraction of sp³-hybridized carbons (Fsp3) is 0.294. The van der Waals surface area contributed by atoms with Crippen LogP contribution in [0.4, 0.5) is 11.4 Å². The Bertz CT molecular complexity index is 546. The van der Waals surface area contributed by atoms with Crippen molar-refractivity contribution in [2.45, 2.75) is 26.7 Å². The monoisotopic (exact) mass is 273 g/mol. The van der Waals surface area contributed by atoms with E-state index >= 15 is 0 Å². The van der Waals surface area contributed by atoms with Gasteiger partial charge in [-0.1, -0.05) is 29.8 Å². The number of hydrogen-bond donors (Lipinski definition) is 0. The molecule has 0 bridgehead atoms. The van der Waals surface area contributed by atoms with E-state index in [-0.39, 0.29) is 0 Å². The third kappa shape index (κ3) is 3.10. The van der Waals surface area contributed by atoms with Crippen molar-refractivity contribution in [3.8, 4) is 0 Å². The molecule has 0 aromatic heterocycles. The van der Waals surface area contributed by atoms with Gasteiger partial charge in [0.25, 0.3) is 0 Å². The standard InChI is InChI=1S/C17H20ClN/c1-4-19(16-8-5-13(2)6-9-16)17-10-7-15(12-18)11-14(17)3/h5-11H,4,12H2,1-3H3. The molecule has 0 spiro atoms. The number of benzene rings is 2. The van der Waals surface area contributed by atoms with Gasteiger partial charge in [0.1, 0.15) is 0 Å². The lowest BCUT2D eigenvalue weighted by Crippen LogP contribution is -2.17. The first-order valence-electron chi connectivity index (χ1n) is 6.65. The maximum absolute atomic E-state index is 5.89. The minimum absolute atomic E-state index is 0.567. The number of hydrogen-bond acceptors (Lipinski definition) is 1. The van der Waals surface area contributed by atoms with E-state index in [0.29, 0.717) is 5.88 Å². The zero-order valence-electron chi connectivity index (χ0n) is 11.8. The van der Waals surface area contributed by atoms with Crippen molar-refractivity contribution >= 4 is 23.0 Å². The summed E-state index contributed by atoms with van der Waals surface area (Å²) >= 11 is 5.89. The van der Waals surface area contributed by atoms with Gasteiger partial charge in [0.05, 0.1) is 0 Å². The molecular weight excluding hydrogens is 254 g/mol. The molecule has 0 amide bonds. The Labute approximate surface area is 120 Å². The highest BCUT2D eigenvalue weighted by molar-refractivity contribution is 6.17. The second kappa shape index (κ2) is 6.12. The van der Waals surface area contributed by atoms with Crippen LogP contribution in [-0.2, 0) is 5.88 Å². The molecule has 19 heavy (non-hydrogen) atoms. The van der Waals surface area contributed by atoms with E-state index in [1.54, 1.807) is 0 Å². The smallest absolute Gasteiger partial charge is 0.0474 e. The summed E-state index contributed by atoms with van der Waals surface area (Å²) in [6, 6.07) is 15.1. The molecule has 100 valence electrons. The number of anilines is 2. The molecule has 0 unspecified atom stereocenters. The SMILES string of the molecule is CCN(c1ccc(C)cc1)c1ccc(CCl)cc1C. The summed E-state index contributed by atoms with van der Waals surface area (Å²) in [5.41, 5.74) is 6.20. The Hall–Kier alpha value is -1.47. The highest BCUT2D eigenvalue weighted by Gasteiger charge is 2.10. The topological polar surface area (TPSA) is 3.24 Å². The van der Waals surface area contributed by atoms with Gasteiger partial charge >= 0.3 is 0 Å². The zero-order valence-corrected chi connectivity index (χ0v) is 12.5. The first-order chi connectivity index (χ1) is 9.15. The predicted molar refractivity (Wildman–Crippen MR) is 84.6 cm³/mol. The summed E-state index contributed by atoms with van der Waals surface area (Å²) in [6.07, 6.45) is 0. The highest BCUT2D eigenvalue weighted by atomic mass is 35.5. The van der Waals surface area contributed by atoms with Gasteiger partial charge in [0, 0.05) is 23.8 Å². The Morgan fingerprint density at radius 2 is 1.68 bits per heavy atom. The number of alkyl halides is 1. The van der Waals surface area contributed by atoms with E-state index in [4.69, 9.17) is 11.6 Å². The van der Waals surface area contributed by atoms with E-state index in [1.165, 1.54) is 28.1 Å². The van der Waals surface area contributed by atoms with Crippen LogP contribution in [0.3, 0.4) is 0 Å². The normalized spacial score (nSPS) is 10.5. The van der Waals surface area contributed by atoms with Gasteiger partial charge in [0.2, 0.25) is 0 Å². The Balaban J connectivity index is 2.39. The molecule has 0 saturated heterocycles. The number of halogens is 1. The van der Waals surface area contributed by atoms with Crippen molar-refractivity contribution in [2.24, 2.45) is 0 Å². The van der Waals surface area contributed by atoms with Crippen molar-refractivity contribution in [1.82, 2.24) is 0 Å². The van der Waals surface area contributed by atoms with Crippen LogP contribution in [-0.4, -0.2) is 6.54 Å². The van der Waals surface area contributed by atoms with E-state index < -0.39 is 0 Å². The average Bonchev–Trinajstić information content (AvgIpc) is 2.43. The predicted octanol–water partition coefficient (Wildman–Crippen LogP) is 5.20. The molecule has 0 radical (unpaired) electrons. The van der Waals surface area contributed by atoms with Crippen molar-refractivity contribution in [3.05, 3.63) is 59.2 Å². The molecular formula is C17H20ClN. The molecule has 0 aliphatic heterocycles. The lowest BCUT2D eigenvalue weighted by Gasteiger charge is -2.25. The van der Waals surface area contributed by atoms with Crippen LogP contribution in [0.2, 0.25) is 0 Å². The summed E-state index contributed by atoms with van der Waals surface area (Å²) in [7, 11) is 0. The minimum atomic E-state index is 0.567. The molecule has 0 atom stereocenters. The average molecular weight is 274 g/mol. The first kappa shape index (κ1) is 14.0. The fourth-order valence-corrected chi connectivity index (χ4v) is 2.49. The lowest BCUT2D eigenvalue weighted by molar-refractivity contribution is 1.01. The maximum Gasteiger partial charge on any atom is 0.0474 e. The summed E-state index contributed by atoms with van der Waals surface area (Å²) in [6.45, 7) is 7.38. The third-order valence-electron chi connectivity index (χ3n) is 3.37. The molecule has 2 aromatic carbocycles. The number of aryl methyl sites for hydroxylation is 2. The first-order valence-corrected chi connectivity index (χ1v) is 7.19. The molecule has 2 rings (SSSR count).